The molecule has 0 spiro atoms. The van der Waals surface area contributed by atoms with Crippen LogP contribution in [0.1, 0.15) is 17.5 Å². The quantitative estimate of drug-likeness (QED) is 0.434. The van der Waals surface area contributed by atoms with Crippen LogP contribution in [0.25, 0.3) is 0 Å². The molecule has 162 valence electrons. The molecule has 4 atom stereocenters. The van der Waals surface area contributed by atoms with Crippen molar-refractivity contribution in [3.05, 3.63) is 71.8 Å². The van der Waals surface area contributed by atoms with Gasteiger partial charge in [-0.15, -0.1) is 0 Å². The van der Waals surface area contributed by atoms with E-state index in [0.29, 0.717) is 11.3 Å². The summed E-state index contributed by atoms with van der Waals surface area (Å²) < 4.78 is 5.70. The van der Waals surface area contributed by atoms with Gasteiger partial charge in [-0.3, -0.25) is 14.4 Å². The van der Waals surface area contributed by atoms with Gasteiger partial charge in [0, 0.05) is 11.3 Å². The first-order chi connectivity index (χ1) is 15.5. The Morgan fingerprint density at radius 2 is 1.72 bits per heavy atom. The highest BCUT2D eigenvalue weighted by Gasteiger charge is 2.59. The number of allylic oxidation sites excluding steroid dienone is 2. The number of benzene rings is 2. The van der Waals surface area contributed by atoms with Gasteiger partial charge in [0.1, 0.15) is 5.75 Å². The van der Waals surface area contributed by atoms with Crippen molar-refractivity contribution in [2.45, 2.75) is 13.3 Å². The minimum atomic E-state index is -0.286. The summed E-state index contributed by atoms with van der Waals surface area (Å²) in [6, 6.07) is 14.6. The SMILES string of the molecule is Cc1ccccc1NC(=O)COc1ccccc1C=NN1C(=O)C2C3C=CC(C3)C2C1=O. The number of hydrazone groups is 1. The van der Waals surface area contributed by atoms with Crippen molar-refractivity contribution in [1.29, 1.82) is 0 Å². The zero-order chi connectivity index (χ0) is 22.2. The third kappa shape index (κ3) is 3.49. The van der Waals surface area contributed by atoms with Gasteiger partial charge in [-0.1, -0.05) is 42.5 Å². The van der Waals surface area contributed by atoms with Crippen LogP contribution >= 0.6 is 0 Å². The fourth-order valence-electron chi connectivity index (χ4n) is 4.88. The third-order valence-electron chi connectivity index (χ3n) is 6.46. The second-order valence-corrected chi connectivity index (χ2v) is 8.42. The first-order valence-corrected chi connectivity index (χ1v) is 10.7. The number of carbonyl (C=O) groups is 3. The molecular weight excluding hydrogens is 406 g/mol. The van der Waals surface area contributed by atoms with Gasteiger partial charge in [0.2, 0.25) is 0 Å². The fraction of sp³-hybridized carbons (Fsp3) is 0.280. The number of fused-ring (bicyclic) bond motifs is 5. The average molecular weight is 429 g/mol. The summed E-state index contributed by atoms with van der Waals surface area (Å²) >= 11 is 0. The van der Waals surface area contributed by atoms with E-state index >= 15 is 0 Å². The fourth-order valence-corrected chi connectivity index (χ4v) is 4.88. The van der Waals surface area contributed by atoms with E-state index in [0.717, 1.165) is 22.7 Å². The summed E-state index contributed by atoms with van der Waals surface area (Å²) in [4.78, 5) is 37.9. The van der Waals surface area contributed by atoms with Crippen molar-refractivity contribution in [2.75, 3.05) is 11.9 Å². The van der Waals surface area contributed by atoms with E-state index in [1.807, 2.05) is 31.2 Å². The molecule has 0 radical (unpaired) electrons. The van der Waals surface area contributed by atoms with Gasteiger partial charge in [-0.2, -0.15) is 10.1 Å². The standard InChI is InChI=1S/C25H23N3O4/c1-15-6-2-4-8-19(15)27-21(29)14-32-20-9-5-3-7-18(20)13-26-28-24(30)22-16-10-11-17(12-16)23(22)25(28)31/h2-11,13,16-17,22-23H,12,14H2,1H3,(H,27,29). The molecule has 3 aliphatic rings. The van der Waals surface area contributed by atoms with Crippen molar-refractivity contribution in [3.63, 3.8) is 0 Å². The maximum absolute atomic E-state index is 12.8. The van der Waals surface area contributed by atoms with Crippen LogP contribution in [0.4, 0.5) is 5.69 Å². The molecule has 1 heterocycles. The summed E-state index contributed by atoms with van der Waals surface area (Å²) in [5.74, 6) is -0.595. The Kier molecular flexibility index (Phi) is 5.09. The molecule has 0 aromatic heterocycles. The number of ether oxygens (including phenoxy) is 1. The molecule has 1 saturated heterocycles. The van der Waals surface area contributed by atoms with Crippen LogP contribution in [-0.4, -0.2) is 35.6 Å². The molecule has 7 heteroatoms. The van der Waals surface area contributed by atoms with Gasteiger partial charge in [-0.05, 0) is 48.9 Å². The predicted octanol–water partition coefficient (Wildman–Crippen LogP) is 3.15. The van der Waals surface area contributed by atoms with E-state index in [1.165, 1.54) is 6.21 Å². The maximum Gasteiger partial charge on any atom is 0.262 e. The zero-order valence-electron chi connectivity index (χ0n) is 17.6. The first-order valence-electron chi connectivity index (χ1n) is 10.7. The van der Waals surface area contributed by atoms with E-state index in [-0.39, 0.29) is 48.0 Å². The van der Waals surface area contributed by atoms with E-state index in [2.05, 4.69) is 22.6 Å². The zero-order valence-corrected chi connectivity index (χ0v) is 17.6. The number of aryl methyl sites for hydroxylation is 1. The lowest BCUT2D eigenvalue weighted by Crippen LogP contribution is -2.28. The van der Waals surface area contributed by atoms with Crippen molar-refractivity contribution in [1.82, 2.24) is 5.01 Å². The minimum absolute atomic E-state index is 0.143. The molecule has 2 aromatic rings. The maximum atomic E-state index is 12.8. The molecule has 7 nitrogen and oxygen atoms in total. The van der Waals surface area contributed by atoms with Crippen LogP contribution in [0.2, 0.25) is 0 Å². The van der Waals surface area contributed by atoms with E-state index in [4.69, 9.17) is 4.74 Å². The number of hydrogen-bond acceptors (Lipinski definition) is 5. The van der Waals surface area contributed by atoms with E-state index in [9.17, 15) is 14.4 Å². The normalized spacial score (nSPS) is 25.6. The lowest BCUT2D eigenvalue weighted by molar-refractivity contribution is -0.140. The topological polar surface area (TPSA) is 88.1 Å². The number of para-hydroxylation sites is 2. The molecule has 32 heavy (non-hydrogen) atoms. The van der Waals surface area contributed by atoms with Gasteiger partial charge < -0.3 is 10.1 Å². The molecule has 1 N–H and O–H groups in total. The summed E-state index contributed by atoms with van der Waals surface area (Å²) in [7, 11) is 0. The molecule has 1 aliphatic heterocycles. The number of nitrogens with one attached hydrogen (secondary N) is 1. The second kappa shape index (κ2) is 8.07. The number of hydrogen-bond donors (Lipinski definition) is 1. The molecule has 2 aliphatic carbocycles. The van der Waals surface area contributed by atoms with Gasteiger partial charge in [0.05, 0.1) is 18.1 Å². The van der Waals surface area contributed by atoms with Crippen molar-refractivity contribution >= 4 is 29.6 Å². The van der Waals surface area contributed by atoms with Crippen LogP contribution in [-0.2, 0) is 14.4 Å². The molecule has 5 rings (SSSR count). The van der Waals surface area contributed by atoms with Crippen LogP contribution < -0.4 is 10.1 Å². The van der Waals surface area contributed by atoms with Crippen LogP contribution in [0.5, 0.6) is 5.75 Å². The molecule has 2 aromatic carbocycles. The van der Waals surface area contributed by atoms with Crippen LogP contribution in [0.3, 0.4) is 0 Å². The Morgan fingerprint density at radius 3 is 2.44 bits per heavy atom. The van der Waals surface area contributed by atoms with Gasteiger partial charge in [-0.25, -0.2) is 0 Å². The molecule has 2 bridgehead atoms. The third-order valence-corrected chi connectivity index (χ3v) is 6.46. The summed E-state index contributed by atoms with van der Waals surface area (Å²) in [6.07, 6.45) is 6.43. The molecule has 2 fully saturated rings. The first kappa shape index (κ1) is 20.2. The number of nitrogens with zero attached hydrogens (tertiary/aromatic N) is 2. The minimum Gasteiger partial charge on any atom is -0.483 e. The average Bonchev–Trinajstić information content (AvgIpc) is 3.47. The predicted molar refractivity (Wildman–Crippen MR) is 119 cm³/mol. The number of carbonyl (C=O) groups excluding carboxylic acids is 3. The molecule has 4 unspecified atom stereocenters. The highest BCUT2D eigenvalue weighted by molar-refractivity contribution is 6.07. The highest BCUT2D eigenvalue weighted by Crippen LogP contribution is 2.52. The monoisotopic (exact) mass is 429 g/mol. The van der Waals surface area contributed by atoms with E-state index < -0.39 is 0 Å². The highest BCUT2D eigenvalue weighted by atomic mass is 16.5. The van der Waals surface area contributed by atoms with Crippen LogP contribution in [0, 0.1) is 30.6 Å². The van der Waals surface area contributed by atoms with Gasteiger partial charge >= 0.3 is 0 Å². The summed E-state index contributed by atoms with van der Waals surface area (Å²) in [5.41, 5.74) is 2.27. The summed E-state index contributed by atoms with van der Waals surface area (Å²) in [5, 5.41) is 8.03. The Morgan fingerprint density at radius 1 is 1.06 bits per heavy atom. The van der Waals surface area contributed by atoms with Crippen molar-refractivity contribution in [3.8, 4) is 5.75 Å². The Labute approximate surface area is 185 Å². The molecular formula is C25H23N3O4. The smallest absolute Gasteiger partial charge is 0.262 e. The van der Waals surface area contributed by atoms with E-state index in [1.54, 1.807) is 24.3 Å². The Hall–Kier alpha value is -3.74. The van der Waals surface area contributed by atoms with Crippen LogP contribution in [0.15, 0.2) is 65.8 Å². The number of imide groups is 1. The molecule has 1 saturated carbocycles. The Bertz CT molecular complexity index is 1130. The lowest BCUT2D eigenvalue weighted by atomic mass is 9.85. The van der Waals surface area contributed by atoms with Crippen molar-refractivity contribution < 1.29 is 19.1 Å². The number of anilines is 1. The second-order valence-electron chi connectivity index (χ2n) is 8.42. The largest absolute Gasteiger partial charge is 0.483 e. The summed E-state index contributed by atoms with van der Waals surface area (Å²) in [6.45, 7) is 1.73. The number of rotatable bonds is 6. The lowest BCUT2D eigenvalue weighted by Gasteiger charge is -2.13. The Balaban J connectivity index is 1.26. The van der Waals surface area contributed by atoms with Gasteiger partial charge in [0.15, 0.2) is 6.61 Å². The van der Waals surface area contributed by atoms with Crippen molar-refractivity contribution in [2.24, 2.45) is 28.8 Å². The number of amides is 3. The molecule has 3 amide bonds. The van der Waals surface area contributed by atoms with Gasteiger partial charge in [0.25, 0.3) is 17.7 Å².